The van der Waals surface area contributed by atoms with Gasteiger partial charge in [0.2, 0.25) is 0 Å². The second-order valence-corrected chi connectivity index (χ2v) is 7.36. The number of hydrogen-bond donors (Lipinski definition) is 1. The van der Waals surface area contributed by atoms with Crippen LogP contribution < -0.4 is 10.6 Å². The number of rotatable bonds is 4. The van der Waals surface area contributed by atoms with E-state index in [1.54, 1.807) is 17.9 Å². The highest BCUT2D eigenvalue weighted by Gasteiger charge is 2.23. The number of ether oxygens (including phenoxy) is 1. The molecule has 1 fully saturated rings. The summed E-state index contributed by atoms with van der Waals surface area (Å²) >= 11 is 0. The summed E-state index contributed by atoms with van der Waals surface area (Å²) in [5.41, 5.74) is 3.52. The third-order valence-electron chi connectivity index (χ3n) is 5.62. The molecule has 1 saturated heterocycles. The van der Waals surface area contributed by atoms with Crippen molar-refractivity contribution < 1.29 is 9.53 Å². The molecule has 0 atom stereocenters. The Bertz CT molecular complexity index is 984. The molecule has 5 nitrogen and oxygen atoms in total. The summed E-state index contributed by atoms with van der Waals surface area (Å²) in [6.07, 6.45) is 4.26. The fourth-order valence-electron chi connectivity index (χ4n) is 4.00. The van der Waals surface area contributed by atoms with Crippen molar-refractivity contribution in [3.8, 4) is 5.75 Å². The van der Waals surface area contributed by atoms with Crippen LogP contribution >= 0.6 is 0 Å². The van der Waals surface area contributed by atoms with E-state index in [1.807, 2.05) is 42.6 Å². The average molecular weight is 363 g/mol. The van der Waals surface area contributed by atoms with Gasteiger partial charge in [-0.3, -0.25) is 9.47 Å². The number of ketones is 1. The first-order chi connectivity index (χ1) is 13.1. The molecule has 0 radical (unpaired) electrons. The van der Waals surface area contributed by atoms with Crippen molar-refractivity contribution in [2.75, 3.05) is 33.1 Å². The van der Waals surface area contributed by atoms with Crippen molar-refractivity contribution in [1.29, 1.82) is 0 Å². The van der Waals surface area contributed by atoms with Crippen molar-refractivity contribution in [3.63, 3.8) is 0 Å². The van der Waals surface area contributed by atoms with Crippen molar-refractivity contribution in [1.82, 2.24) is 9.58 Å². The van der Waals surface area contributed by atoms with E-state index in [2.05, 4.69) is 11.9 Å². The van der Waals surface area contributed by atoms with Gasteiger partial charge in [0, 0.05) is 22.7 Å². The number of nitrogens with zero attached hydrogens (tertiary/aromatic N) is 2. The molecule has 140 valence electrons. The Labute approximate surface area is 159 Å². The largest absolute Gasteiger partial charge is 0.497 e. The maximum atomic E-state index is 13.0. The molecule has 2 heterocycles. The maximum absolute atomic E-state index is 13.0. The summed E-state index contributed by atoms with van der Waals surface area (Å²) in [5, 5.41) is 1.08. The van der Waals surface area contributed by atoms with Crippen LogP contribution in [0.3, 0.4) is 0 Å². The highest BCUT2D eigenvalue weighted by molar-refractivity contribution is 6.11. The van der Waals surface area contributed by atoms with E-state index < -0.39 is 0 Å². The van der Waals surface area contributed by atoms with E-state index in [-0.39, 0.29) is 5.78 Å². The number of fused-ring (bicyclic) bond motifs is 1. The van der Waals surface area contributed by atoms with Crippen LogP contribution in [0.4, 0.5) is 0 Å². The second kappa shape index (κ2) is 7.08. The van der Waals surface area contributed by atoms with Gasteiger partial charge >= 0.3 is 0 Å². The number of aromatic nitrogens is 1. The maximum Gasteiger partial charge on any atom is 0.193 e. The highest BCUT2D eigenvalue weighted by Crippen LogP contribution is 2.34. The van der Waals surface area contributed by atoms with E-state index in [0.29, 0.717) is 22.8 Å². The van der Waals surface area contributed by atoms with Gasteiger partial charge in [0.25, 0.3) is 0 Å². The van der Waals surface area contributed by atoms with Crippen molar-refractivity contribution in [2.24, 2.45) is 0 Å². The standard InChI is InChI=1S/C22H25N3O2/c1-24-10-8-15(9-11-24)20-14-25(23)21-7-6-17(13-19(20)21)22(26)16-4-3-5-18(12-16)27-2/h3-7,12-15H,8-11,23H2,1-2H3. The lowest BCUT2D eigenvalue weighted by Gasteiger charge is -2.28. The van der Waals surface area contributed by atoms with Crippen LogP contribution in [0.25, 0.3) is 10.9 Å². The molecular formula is C22H25N3O2. The van der Waals surface area contributed by atoms with E-state index in [0.717, 1.165) is 36.8 Å². The molecule has 0 saturated carbocycles. The van der Waals surface area contributed by atoms with E-state index >= 15 is 0 Å². The molecule has 0 unspecified atom stereocenters. The third-order valence-corrected chi connectivity index (χ3v) is 5.62. The molecule has 3 aromatic rings. The zero-order chi connectivity index (χ0) is 19.0. The predicted molar refractivity (Wildman–Crippen MR) is 108 cm³/mol. The SMILES string of the molecule is COc1cccc(C(=O)c2ccc3c(c2)c(C2CCN(C)CC2)cn3N)c1. The zero-order valence-corrected chi connectivity index (χ0v) is 15.8. The number of likely N-dealkylation sites (tertiary alicyclic amines) is 1. The van der Waals surface area contributed by atoms with E-state index in [1.165, 1.54) is 5.56 Å². The molecule has 2 aromatic carbocycles. The van der Waals surface area contributed by atoms with Crippen molar-refractivity contribution in [3.05, 3.63) is 65.4 Å². The quantitative estimate of drug-likeness (QED) is 0.570. The smallest absolute Gasteiger partial charge is 0.193 e. The summed E-state index contributed by atoms with van der Waals surface area (Å²) in [7, 11) is 3.76. The monoisotopic (exact) mass is 363 g/mol. The van der Waals surface area contributed by atoms with Gasteiger partial charge in [0.1, 0.15) is 5.75 Å². The van der Waals surface area contributed by atoms with E-state index in [4.69, 9.17) is 10.6 Å². The molecule has 0 aliphatic carbocycles. The fraction of sp³-hybridized carbons (Fsp3) is 0.318. The highest BCUT2D eigenvalue weighted by atomic mass is 16.5. The number of nitrogens with two attached hydrogens (primary N) is 1. The summed E-state index contributed by atoms with van der Waals surface area (Å²) in [4.78, 5) is 15.4. The molecule has 4 rings (SSSR count). The first kappa shape index (κ1) is 17.6. The molecule has 5 heteroatoms. The Morgan fingerprint density at radius 2 is 1.85 bits per heavy atom. The number of carbonyl (C=O) groups is 1. The minimum atomic E-state index is -0.00472. The van der Waals surface area contributed by atoms with Gasteiger partial charge in [0.05, 0.1) is 12.6 Å². The van der Waals surface area contributed by atoms with Gasteiger partial charge in [0.15, 0.2) is 5.78 Å². The number of piperidine rings is 1. The molecule has 0 amide bonds. The number of benzene rings is 2. The molecule has 1 aliphatic heterocycles. The van der Waals surface area contributed by atoms with Crippen LogP contribution in [0.2, 0.25) is 0 Å². The van der Waals surface area contributed by atoms with E-state index in [9.17, 15) is 4.79 Å². The number of nitrogen functional groups attached to an aromatic ring is 1. The average Bonchev–Trinajstić information content (AvgIpc) is 3.04. The van der Waals surface area contributed by atoms with Crippen LogP contribution in [0, 0.1) is 0 Å². The van der Waals surface area contributed by atoms with Crippen LogP contribution in [-0.2, 0) is 0 Å². The zero-order valence-electron chi connectivity index (χ0n) is 15.8. The number of hydrogen-bond acceptors (Lipinski definition) is 4. The minimum absolute atomic E-state index is 0.00472. The lowest BCUT2D eigenvalue weighted by Crippen LogP contribution is -2.29. The molecule has 0 bridgehead atoms. The van der Waals surface area contributed by atoms with Crippen LogP contribution in [0.5, 0.6) is 5.75 Å². The molecular weight excluding hydrogens is 338 g/mol. The normalized spacial score (nSPS) is 15.9. The summed E-state index contributed by atoms with van der Waals surface area (Å²) in [6.45, 7) is 2.18. The second-order valence-electron chi connectivity index (χ2n) is 7.36. The Hall–Kier alpha value is -2.79. The number of methoxy groups -OCH3 is 1. The molecule has 2 N–H and O–H groups in total. The van der Waals surface area contributed by atoms with Gasteiger partial charge in [-0.2, -0.15) is 0 Å². The molecule has 0 spiro atoms. The molecule has 1 aromatic heterocycles. The van der Waals surface area contributed by atoms with Crippen LogP contribution in [0.15, 0.2) is 48.7 Å². The summed E-state index contributed by atoms with van der Waals surface area (Å²) < 4.78 is 6.93. The van der Waals surface area contributed by atoms with Gasteiger partial charge in [-0.25, -0.2) is 0 Å². The molecule has 27 heavy (non-hydrogen) atoms. The topological polar surface area (TPSA) is 60.5 Å². The Morgan fingerprint density at radius 1 is 1.11 bits per heavy atom. The predicted octanol–water partition coefficient (Wildman–Crippen LogP) is 3.40. The van der Waals surface area contributed by atoms with Gasteiger partial charge in [-0.1, -0.05) is 12.1 Å². The number of carbonyl (C=O) groups excluding carboxylic acids is 1. The minimum Gasteiger partial charge on any atom is -0.497 e. The van der Waals surface area contributed by atoms with Crippen LogP contribution in [-0.4, -0.2) is 42.6 Å². The first-order valence-electron chi connectivity index (χ1n) is 9.34. The van der Waals surface area contributed by atoms with Gasteiger partial charge in [-0.15, -0.1) is 0 Å². The Balaban J connectivity index is 1.72. The lowest BCUT2D eigenvalue weighted by atomic mass is 9.88. The Morgan fingerprint density at radius 3 is 2.59 bits per heavy atom. The Kier molecular flexibility index (Phi) is 4.62. The van der Waals surface area contributed by atoms with Crippen molar-refractivity contribution in [2.45, 2.75) is 18.8 Å². The summed E-state index contributed by atoms with van der Waals surface area (Å²) in [6, 6.07) is 13.1. The third kappa shape index (κ3) is 3.30. The first-order valence-corrected chi connectivity index (χ1v) is 9.34. The fourth-order valence-corrected chi connectivity index (χ4v) is 4.00. The van der Waals surface area contributed by atoms with Gasteiger partial charge in [-0.05, 0) is 74.8 Å². The van der Waals surface area contributed by atoms with Crippen molar-refractivity contribution >= 4 is 16.7 Å². The summed E-state index contributed by atoms with van der Waals surface area (Å²) in [5.74, 6) is 7.35. The molecule has 1 aliphatic rings. The van der Waals surface area contributed by atoms with Crippen LogP contribution in [0.1, 0.15) is 40.2 Å². The lowest BCUT2D eigenvalue weighted by molar-refractivity contribution is 0.103. The van der Waals surface area contributed by atoms with Gasteiger partial charge < -0.3 is 15.5 Å².